The first-order valence-corrected chi connectivity index (χ1v) is 7.04. The number of phenolic OH excluding ortho intramolecular Hbond substituents is 1. The third-order valence-corrected chi connectivity index (χ3v) is 3.44. The van der Waals surface area contributed by atoms with Gasteiger partial charge in [-0.1, -0.05) is 53.7 Å². The normalized spacial score (nSPS) is 14.8. The minimum absolute atomic E-state index is 0.000274. The van der Waals surface area contributed by atoms with E-state index < -0.39 is 0 Å². The van der Waals surface area contributed by atoms with E-state index in [2.05, 4.69) is 25.8 Å². The summed E-state index contributed by atoms with van der Waals surface area (Å²) in [6.07, 6.45) is 1.66. The van der Waals surface area contributed by atoms with Crippen LogP contribution in [-0.2, 0) is 5.41 Å². The first-order chi connectivity index (χ1) is 9.07. The Balaban J connectivity index is 3.11. The summed E-state index contributed by atoms with van der Waals surface area (Å²) in [5.41, 5.74) is 1.37. The van der Waals surface area contributed by atoms with E-state index in [0.717, 1.165) is 5.56 Å². The molecule has 0 saturated heterocycles. The molecule has 0 aromatic heterocycles. The number of rotatable bonds is 3. The first kappa shape index (κ1) is 16.7. The minimum atomic E-state index is -0.180. The number of aliphatic hydroxyl groups is 1. The zero-order valence-electron chi connectivity index (χ0n) is 13.4. The van der Waals surface area contributed by atoms with E-state index in [1.54, 1.807) is 6.21 Å². The number of aromatic hydroxyl groups is 1. The van der Waals surface area contributed by atoms with Crippen molar-refractivity contribution in [2.24, 2.45) is 10.4 Å². The highest BCUT2D eigenvalue weighted by Gasteiger charge is 2.23. The summed E-state index contributed by atoms with van der Waals surface area (Å²) in [6.45, 7) is 12.3. The Morgan fingerprint density at radius 2 is 1.75 bits per heavy atom. The molecule has 0 radical (unpaired) electrons. The maximum absolute atomic E-state index is 10.4. The van der Waals surface area contributed by atoms with Crippen molar-refractivity contribution in [1.82, 2.24) is 0 Å². The van der Waals surface area contributed by atoms with Gasteiger partial charge in [0.15, 0.2) is 0 Å². The largest absolute Gasteiger partial charge is 0.507 e. The lowest BCUT2D eigenvalue weighted by Gasteiger charge is -2.25. The van der Waals surface area contributed by atoms with Crippen molar-refractivity contribution in [3.8, 4) is 5.75 Å². The molecule has 0 aliphatic carbocycles. The van der Waals surface area contributed by atoms with Crippen LogP contribution in [0.2, 0.25) is 0 Å². The number of para-hydroxylation sites is 1. The fourth-order valence-electron chi connectivity index (χ4n) is 1.99. The van der Waals surface area contributed by atoms with E-state index in [4.69, 9.17) is 0 Å². The fourth-order valence-corrected chi connectivity index (χ4v) is 1.99. The number of phenols is 1. The van der Waals surface area contributed by atoms with Crippen molar-refractivity contribution < 1.29 is 10.2 Å². The molecule has 0 unspecified atom stereocenters. The monoisotopic (exact) mass is 277 g/mol. The van der Waals surface area contributed by atoms with Crippen molar-refractivity contribution in [1.29, 1.82) is 0 Å². The molecule has 0 aliphatic rings. The lowest BCUT2D eigenvalue weighted by atomic mass is 9.85. The van der Waals surface area contributed by atoms with Crippen LogP contribution in [0.5, 0.6) is 5.75 Å². The van der Waals surface area contributed by atoms with Gasteiger partial charge in [0.25, 0.3) is 0 Å². The molecule has 0 saturated carbocycles. The highest BCUT2D eigenvalue weighted by Crippen LogP contribution is 2.32. The molecule has 0 spiro atoms. The zero-order chi connectivity index (χ0) is 15.6. The Hall–Kier alpha value is -1.35. The van der Waals surface area contributed by atoms with Crippen molar-refractivity contribution in [3.05, 3.63) is 29.3 Å². The minimum Gasteiger partial charge on any atom is -0.507 e. The molecule has 20 heavy (non-hydrogen) atoms. The molecule has 0 fully saturated rings. The highest BCUT2D eigenvalue weighted by molar-refractivity contribution is 5.84. The van der Waals surface area contributed by atoms with E-state index in [1.165, 1.54) is 0 Å². The van der Waals surface area contributed by atoms with Crippen LogP contribution in [0.3, 0.4) is 0 Å². The molecule has 0 bridgehead atoms. The van der Waals surface area contributed by atoms with Crippen LogP contribution in [0, 0.1) is 5.41 Å². The zero-order valence-corrected chi connectivity index (χ0v) is 13.4. The quantitative estimate of drug-likeness (QED) is 0.831. The fraction of sp³-hybridized carbons (Fsp3) is 0.588. The second-order valence-electron chi connectivity index (χ2n) is 7.34. The van der Waals surface area contributed by atoms with Gasteiger partial charge in [-0.3, -0.25) is 4.99 Å². The summed E-state index contributed by atoms with van der Waals surface area (Å²) in [7, 11) is 0. The molecule has 1 rings (SSSR count). The van der Waals surface area contributed by atoms with Gasteiger partial charge >= 0.3 is 0 Å². The molecular weight excluding hydrogens is 250 g/mol. The average molecular weight is 277 g/mol. The summed E-state index contributed by atoms with van der Waals surface area (Å²) in [4.78, 5) is 4.43. The van der Waals surface area contributed by atoms with Crippen LogP contribution in [0.4, 0.5) is 0 Å². The standard InChI is InChI=1S/C17H27NO2/c1-16(2,3)13-9-7-8-12(15(13)20)10-18-14(11-19)17(4,5)6/h7-10,14,19-20H,11H2,1-6H3/b18-10+/t14-/m1/s1. The van der Waals surface area contributed by atoms with Crippen LogP contribution in [0.1, 0.15) is 52.7 Å². The van der Waals surface area contributed by atoms with Gasteiger partial charge in [-0.15, -0.1) is 0 Å². The number of hydrogen-bond donors (Lipinski definition) is 2. The summed E-state index contributed by atoms with van der Waals surface area (Å²) < 4.78 is 0. The Kier molecular flexibility index (Phi) is 4.98. The molecular formula is C17H27NO2. The SMILES string of the molecule is CC(C)(C)c1cccc(/C=N/[C@H](CO)C(C)(C)C)c1O. The second kappa shape index (κ2) is 5.96. The van der Waals surface area contributed by atoms with Crippen molar-refractivity contribution >= 4 is 6.21 Å². The van der Waals surface area contributed by atoms with Crippen LogP contribution in [-0.4, -0.2) is 29.1 Å². The van der Waals surface area contributed by atoms with E-state index in [1.807, 2.05) is 39.0 Å². The molecule has 0 heterocycles. The van der Waals surface area contributed by atoms with Crippen LogP contribution in [0.15, 0.2) is 23.2 Å². The smallest absolute Gasteiger partial charge is 0.128 e. The number of hydrogen-bond acceptors (Lipinski definition) is 3. The summed E-state index contributed by atoms with van der Waals surface area (Å²) in [5, 5.41) is 19.8. The van der Waals surface area contributed by atoms with Crippen molar-refractivity contribution in [2.45, 2.75) is 53.0 Å². The Morgan fingerprint density at radius 3 is 2.20 bits per heavy atom. The van der Waals surface area contributed by atoms with Crippen molar-refractivity contribution in [2.75, 3.05) is 6.61 Å². The van der Waals surface area contributed by atoms with E-state index in [0.29, 0.717) is 5.56 Å². The maximum atomic E-state index is 10.4. The van der Waals surface area contributed by atoms with Gasteiger partial charge in [0.05, 0.1) is 12.6 Å². The Morgan fingerprint density at radius 1 is 1.15 bits per heavy atom. The first-order valence-electron chi connectivity index (χ1n) is 7.04. The number of nitrogens with zero attached hydrogens (tertiary/aromatic N) is 1. The summed E-state index contributed by atoms with van der Waals surface area (Å²) >= 11 is 0. The summed E-state index contributed by atoms with van der Waals surface area (Å²) in [5.74, 6) is 0.273. The lowest BCUT2D eigenvalue weighted by molar-refractivity contribution is 0.191. The number of benzene rings is 1. The molecule has 1 aromatic carbocycles. The van der Waals surface area contributed by atoms with Gasteiger partial charge < -0.3 is 10.2 Å². The summed E-state index contributed by atoms with van der Waals surface area (Å²) in [6, 6.07) is 5.51. The van der Waals surface area contributed by atoms with Gasteiger partial charge in [0.1, 0.15) is 5.75 Å². The Bertz CT molecular complexity index is 479. The molecule has 3 heteroatoms. The van der Waals surface area contributed by atoms with Gasteiger partial charge in [-0.25, -0.2) is 0 Å². The third kappa shape index (κ3) is 4.07. The Labute approximate surface area is 122 Å². The van der Waals surface area contributed by atoms with Crippen LogP contribution >= 0.6 is 0 Å². The highest BCUT2D eigenvalue weighted by atomic mass is 16.3. The number of aliphatic imine (C=N–C) groups is 1. The van der Waals surface area contributed by atoms with Crippen molar-refractivity contribution in [3.63, 3.8) is 0 Å². The molecule has 1 aromatic rings. The predicted octanol–water partition coefficient (Wildman–Crippen LogP) is 3.52. The van der Waals surface area contributed by atoms with E-state index in [-0.39, 0.29) is 29.2 Å². The molecule has 0 amide bonds. The molecule has 3 nitrogen and oxygen atoms in total. The van der Waals surface area contributed by atoms with Gasteiger partial charge in [0.2, 0.25) is 0 Å². The predicted molar refractivity (Wildman–Crippen MR) is 84.7 cm³/mol. The second-order valence-corrected chi connectivity index (χ2v) is 7.34. The van der Waals surface area contributed by atoms with Gasteiger partial charge in [-0.2, -0.15) is 0 Å². The topological polar surface area (TPSA) is 52.8 Å². The number of aliphatic hydroxyl groups excluding tert-OH is 1. The molecule has 0 aliphatic heterocycles. The maximum Gasteiger partial charge on any atom is 0.128 e. The average Bonchev–Trinajstić information content (AvgIpc) is 2.28. The van der Waals surface area contributed by atoms with Gasteiger partial charge in [-0.05, 0) is 22.5 Å². The molecule has 2 N–H and O–H groups in total. The van der Waals surface area contributed by atoms with E-state index >= 15 is 0 Å². The molecule has 112 valence electrons. The van der Waals surface area contributed by atoms with Crippen LogP contribution in [0.25, 0.3) is 0 Å². The van der Waals surface area contributed by atoms with E-state index in [9.17, 15) is 10.2 Å². The van der Waals surface area contributed by atoms with Gasteiger partial charge in [0, 0.05) is 11.8 Å². The molecule has 1 atom stereocenters. The lowest BCUT2D eigenvalue weighted by Crippen LogP contribution is -2.28. The van der Waals surface area contributed by atoms with Crippen LogP contribution < -0.4 is 0 Å². The third-order valence-electron chi connectivity index (χ3n) is 3.44.